The van der Waals surface area contributed by atoms with Crippen LogP contribution >= 0.6 is 0 Å². The number of nitrogens with zero attached hydrogens (tertiary/aromatic N) is 1. The average molecular weight is 197 g/mol. The Kier molecular flexibility index (Phi) is 7.48. The number of unbranched alkanes of at least 4 members (excludes halogenated alkanes) is 2. The third kappa shape index (κ3) is 6.21. The predicted molar refractivity (Wildman–Crippen MR) is 51.4 cm³/mol. The van der Waals surface area contributed by atoms with Gasteiger partial charge in [0.1, 0.15) is 11.6 Å². The molecule has 14 heavy (non-hydrogen) atoms. The predicted octanol–water partition coefficient (Wildman–Crippen LogP) is 1.43. The van der Waals surface area contributed by atoms with Crippen LogP contribution in [-0.2, 0) is 14.3 Å². The third-order valence-electron chi connectivity index (χ3n) is 1.61. The molecule has 0 heterocycles. The number of carbonyl (C=O) groups excluding carboxylic acids is 1. The van der Waals surface area contributed by atoms with E-state index in [9.17, 15) is 4.79 Å². The SMILES string of the molecule is C=C(C#N)C(=O)OCCCCCOC. The summed E-state index contributed by atoms with van der Waals surface area (Å²) >= 11 is 0. The van der Waals surface area contributed by atoms with Crippen LogP contribution in [0.1, 0.15) is 19.3 Å². The van der Waals surface area contributed by atoms with E-state index < -0.39 is 5.97 Å². The minimum Gasteiger partial charge on any atom is -0.462 e. The van der Waals surface area contributed by atoms with Gasteiger partial charge in [-0.25, -0.2) is 4.79 Å². The molecule has 0 unspecified atom stereocenters. The topological polar surface area (TPSA) is 59.3 Å². The average Bonchev–Trinajstić information content (AvgIpc) is 2.21. The normalized spacial score (nSPS) is 9.14. The van der Waals surface area contributed by atoms with E-state index in [2.05, 4.69) is 6.58 Å². The number of nitriles is 1. The van der Waals surface area contributed by atoms with Crippen molar-refractivity contribution in [3.8, 4) is 6.07 Å². The number of carbonyl (C=O) groups is 1. The maximum absolute atomic E-state index is 10.9. The van der Waals surface area contributed by atoms with Gasteiger partial charge in [0.15, 0.2) is 0 Å². The van der Waals surface area contributed by atoms with Gasteiger partial charge in [0, 0.05) is 13.7 Å². The van der Waals surface area contributed by atoms with E-state index in [1.54, 1.807) is 13.2 Å². The number of rotatable bonds is 7. The molecule has 4 nitrogen and oxygen atoms in total. The van der Waals surface area contributed by atoms with Gasteiger partial charge in [-0.05, 0) is 19.3 Å². The van der Waals surface area contributed by atoms with Gasteiger partial charge in [-0.15, -0.1) is 0 Å². The summed E-state index contributed by atoms with van der Waals surface area (Å²) in [4.78, 5) is 10.9. The van der Waals surface area contributed by atoms with E-state index in [0.717, 1.165) is 25.9 Å². The van der Waals surface area contributed by atoms with Gasteiger partial charge in [0.2, 0.25) is 0 Å². The van der Waals surface area contributed by atoms with Crippen molar-refractivity contribution in [3.05, 3.63) is 12.2 Å². The van der Waals surface area contributed by atoms with Crippen molar-refractivity contribution < 1.29 is 14.3 Å². The molecule has 0 aromatic rings. The Morgan fingerprint density at radius 1 is 1.36 bits per heavy atom. The first-order chi connectivity index (χ1) is 6.72. The van der Waals surface area contributed by atoms with Crippen LogP contribution in [0.3, 0.4) is 0 Å². The van der Waals surface area contributed by atoms with Crippen molar-refractivity contribution in [2.24, 2.45) is 0 Å². The fourth-order valence-electron chi connectivity index (χ4n) is 0.823. The summed E-state index contributed by atoms with van der Waals surface area (Å²) in [6, 6.07) is 1.64. The maximum Gasteiger partial charge on any atom is 0.348 e. The van der Waals surface area contributed by atoms with Gasteiger partial charge >= 0.3 is 5.97 Å². The lowest BCUT2D eigenvalue weighted by atomic mass is 10.2. The molecule has 0 aromatic carbocycles. The first-order valence-corrected chi connectivity index (χ1v) is 4.47. The van der Waals surface area contributed by atoms with Crippen LogP contribution in [0.25, 0.3) is 0 Å². The highest BCUT2D eigenvalue weighted by atomic mass is 16.5. The van der Waals surface area contributed by atoms with E-state index in [0.29, 0.717) is 6.61 Å². The highest BCUT2D eigenvalue weighted by Gasteiger charge is 2.05. The lowest BCUT2D eigenvalue weighted by Crippen LogP contribution is -2.07. The third-order valence-corrected chi connectivity index (χ3v) is 1.61. The molecule has 4 heteroatoms. The second-order valence-electron chi connectivity index (χ2n) is 2.78. The van der Waals surface area contributed by atoms with Gasteiger partial charge in [0.25, 0.3) is 0 Å². The summed E-state index contributed by atoms with van der Waals surface area (Å²) in [6.07, 6.45) is 2.68. The molecule has 0 aliphatic carbocycles. The van der Waals surface area contributed by atoms with Crippen molar-refractivity contribution in [1.82, 2.24) is 0 Å². The van der Waals surface area contributed by atoms with Crippen molar-refractivity contribution in [2.45, 2.75) is 19.3 Å². The molecule has 0 amide bonds. The van der Waals surface area contributed by atoms with Crippen molar-refractivity contribution in [3.63, 3.8) is 0 Å². The quantitative estimate of drug-likeness (QED) is 0.268. The molecule has 0 spiro atoms. The van der Waals surface area contributed by atoms with E-state index >= 15 is 0 Å². The van der Waals surface area contributed by atoms with Crippen LogP contribution < -0.4 is 0 Å². The Morgan fingerprint density at radius 3 is 2.57 bits per heavy atom. The Balaban J connectivity index is 3.33. The molecule has 78 valence electrons. The van der Waals surface area contributed by atoms with Crippen LogP contribution in [0.2, 0.25) is 0 Å². The smallest absolute Gasteiger partial charge is 0.348 e. The first kappa shape index (κ1) is 12.7. The molecule has 0 bridgehead atoms. The van der Waals surface area contributed by atoms with Crippen molar-refractivity contribution in [1.29, 1.82) is 5.26 Å². The largest absolute Gasteiger partial charge is 0.462 e. The summed E-state index contributed by atoms with van der Waals surface area (Å²) < 4.78 is 9.63. The van der Waals surface area contributed by atoms with Gasteiger partial charge in [-0.1, -0.05) is 6.58 Å². The number of ether oxygens (including phenoxy) is 2. The monoisotopic (exact) mass is 197 g/mol. The molecule has 0 aromatic heterocycles. The maximum atomic E-state index is 10.9. The van der Waals surface area contributed by atoms with Crippen LogP contribution in [-0.4, -0.2) is 26.3 Å². The van der Waals surface area contributed by atoms with Gasteiger partial charge in [-0.2, -0.15) is 5.26 Å². The lowest BCUT2D eigenvalue weighted by molar-refractivity contribution is -0.138. The van der Waals surface area contributed by atoms with Crippen LogP contribution in [0.5, 0.6) is 0 Å². The first-order valence-electron chi connectivity index (χ1n) is 4.47. The molecule has 0 saturated carbocycles. The molecule has 0 aliphatic heterocycles. The van der Waals surface area contributed by atoms with Crippen LogP contribution in [0, 0.1) is 11.3 Å². The molecule has 0 aliphatic rings. The zero-order valence-electron chi connectivity index (χ0n) is 8.41. The Hall–Kier alpha value is -1.34. The van der Waals surface area contributed by atoms with Crippen LogP contribution in [0.15, 0.2) is 12.2 Å². The minimum atomic E-state index is -0.626. The number of methoxy groups -OCH3 is 1. The molecular weight excluding hydrogens is 182 g/mol. The number of esters is 1. The zero-order valence-corrected chi connectivity index (χ0v) is 8.41. The Morgan fingerprint density at radius 2 is 2.00 bits per heavy atom. The minimum absolute atomic E-state index is 0.151. The molecule has 0 radical (unpaired) electrons. The van der Waals surface area contributed by atoms with E-state index in [1.165, 1.54) is 0 Å². The fourth-order valence-corrected chi connectivity index (χ4v) is 0.823. The number of hydrogen-bond acceptors (Lipinski definition) is 4. The summed E-state index contributed by atoms with van der Waals surface area (Å²) in [5.41, 5.74) is -0.151. The fraction of sp³-hybridized carbons (Fsp3) is 0.600. The second kappa shape index (κ2) is 8.27. The summed E-state index contributed by atoms with van der Waals surface area (Å²) in [5.74, 6) is -0.626. The number of hydrogen-bond donors (Lipinski definition) is 0. The molecule has 0 N–H and O–H groups in total. The second-order valence-corrected chi connectivity index (χ2v) is 2.78. The zero-order chi connectivity index (χ0) is 10.8. The van der Waals surface area contributed by atoms with Crippen molar-refractivity contribution in [2.75, 3.05) is 20.3 Å². The molecule has 0 rings (SSSR count). The van der Waals surface area contributed by atoms with Gasteiger partial charge in [-0.3, -0.25) is 0 Å². The highest BCUT2D eigenvalue weighted by Crippen LogP contribution is 1.98. The van der Waals surface area contributed by atoms with E-state index in [1.807, 2.05) is 0 Å². The molecule has 0 fully saturated rings. The van der Waals surface area contributed by atoms with Crippen molar-refractivity contribution >= 4 is 5.97 Å². The van der Waals surface area contributed by atoms with Gasteiger partial charge < -0.3 is 9.47 Å². The molecule has 0 atom stereocenters. The lowest BCUT2D eigenvalue weighted by Gasteiger charge is -2.02. The standard InChI is InChI=1S/C10H15NO3/c1-9(8-11)10(12)14-7-5-3-4-6-13-2/h1,3-7H2,2H3. The summed E-state index contributed by atoms with van der Waals surface area (Å²) in [7, 11) is 1.65. The highest BCUT2D eigenvalue weighted by molar-refractivity contribution is 5.91. The van der Waals surface area contributed by atoms with Gasteiger partial charge in [0.05, 0.1) is 6.61 Å². The summed E-state index contributed by atoms with van der Waals surface area (Å²) in [5, 5.41) is 8.31. The molecular formula is C10H15NO3. The Labute approximate surface area is 84.1 Å². The van der Waals surface area contributed by atoms with E-state index in [-0.39, 0.29) is 5.57 Å². The molecule has 0 saturated heterocycles. The summed E-state index contributed by atoms with van der Waals surface area (Å²) in [6.45, 7) is 4.30. The Bertz CT molecular complexity index is 230. The van der Waals surface area contributed by atoms with E-state index in [4.69, 9.17) is 14.7 Å². The van der Waals surface area contributed by atoms with Crippen LogP contribution in [0.4, 0.5) is 0 Å².